The molecule has 0 saturated carbocycles. The normalized spacial score (nSPS) is 15.7. The Morgan fingerprint density at radius 3 is 2.68 bits per heavy atom. The maximum absolute atomic E-state index is 11.8. The fraction of sp³-hybridized carbons (Fsp3) is 0.538. The van der Waals surface area contributed by atoms with Crippen LogP contribution in [0.1, 0.15) is 26.2 Å². The molecule has 0 spiro atoms. The molecule has 5 nitrogen and oxygen atoms in total. The van der Waals surface area contributed by atoms with Crippen LogP contribution in [0.15, 0.2) is 24.3 Å². The average molecular weight is 283 g/mol. The first kappa shape index (κ1) is 14.1. The Morgan fingerprint density at radius 2 is 2.00 bits per heavy atom. The van der Waals surface area contributed by atoms with Crippen molar-refractivity contribution in [3.8, 4) is 0 Å². The molecular weight excluding hydrogens is 262 g/mol. The quantitative estimate of drug-likeness (QED) is 0.839. The number of hydrogen-bond acceptors (Lipinski definition) is 3. The zero-order valence-corrected chi connectivity index (χ0v) is 12.0. The van der Waals surface area contributed by atoms with Crippen molar-refractivity contribution in [3.05, 3.63) is 24.3 Å². The summed E-state index contributed by atoms with van der Waals surface area (Å²) in [4.78, 5) is 2.28. The maximum Gasteiger partial charge on any atom is 0.299 e. The summed E-state index contributed by atoms with van der Waals surface area (Å²) in [6.07, 6.45) is 3.18. The van der Waals surface area contributed by atoms with Gasteiger partial charge in [0.25, 0.3) is 10.2 Å². The monoisotopic (exact) mass is 283 g/mol. The van der Waals surface area contributed by atoms with Gasteiger partial charge in [0.05, 0.1) is 5.69 Å². The summed E-state index contributed by atoms with van der Waals surface area (Å²) in [7, 11) is -3.46. The highest BCUT2D eigenvalue weighted by atomic mass is 32.2. The van der Waals surface area contributed by atoms with Crippen molar-refractivity contribution in [2.24, 2.45) is 0 Å². The standard InChI is InChI=1S/C13H21N3O2S/c1-2-8-14-19(17,18)15-12-6-5-7-13(11-12)16-9-3-4-10-16/h5-7,11,14-15H,2-4,8-10H2,1H3. The Morgan fingerprint density at radius 1 is 1.26 bits per heavy atom. The van der Waals surface area contributed by atoms with Gasteiger partial charge in [0.2, 0.25) is 0 Å². The van der Waals surface area contributed by atoms with Crippen LogP contribution in [0.3, 0.4) is 0 Å². The van der Waals surface area contributed by atoms with Gasteiger partial charge in [-0.25, -0.2) is 0 Å². The van der Waals surface area contributed by atoms with Crippen molar-refractivity contribution in [2.75, 3.05) is 29.3 Å². The second-order valence-electron chi connectivity index (χ2n) is 4.74. The largest absolute Gasteiger partial charge is 0.371 e. The predicted octanol–water partition coefficient (Wildman–Crippen LogP) is 1.94. The minimum absolute atomic E-state index is 0.446. The molecule has 0 aromatic heterocycles. The molecule has 0 aliphatic carbocycles. The van der Waals surface area contributed by atoms with Crippen LogP contribution in [0.5, 0.6) is 0 Å². The zero-order chi connectivity index (χ0) is 13.7. The molecule has 2 rings (SSSR count). The summed E-state index contributed by atoms with van der Waals surface area (Å²) in [5.74, 6) is 0. The molecule has 0 radical (unpaired) electrons. The van der Waals surface area contributed by atoms with Crippen molar-refractivity contribution < 1.29 is 8.42 Å². The van der Waals surface area contributed by atoms with Gasteiger partial charge < -0.3 is 4.90 Å². The maximum atomic E-state index is 11.8. The summed E-state index contributed by atoms with van der Waals surface area (Å²) < 4.78 is 28.6. The van der Waals surface area contributed by atoms with Gasteiger partial charge in [-0.2, -0.15) is 13.1 Å². The topological polar surface area (TPSA) is 61.4 Å². The summed E-state index contributed by atoms with van der Waals surface area (Å²) >= 11 is 0. The number of nitrogens with one attached hydrogen (secondary N) is 2. The van der Waals surface area contributed by atoms with Crippen molar-refractivity contribution in [1.82, 2.24) is 4.72 Å². The van der Waals surface area contributed by atoms with Gasteiger partial charge in [-0.1, -0.05) is 13.0 Å². The average Bonchev–Trinajstić information content (AvgIpc) is 2.90. The molecular formula is C13H21N3O2S. The highest BCUT2D eigenvalue weighted by molar-refractivity contribution is 7.90. The van der Waals surface area contributed by atoms with Crippen LogP contribution in [0.2, 0.25) is 0 Å². The lowest BCUT2D eigenvalue weighted by Gasteiger charge is -2.18. The van der Waals surface area contributed by atoms with E-state index in [0.29, 0.717) is 12.2 Å². The van der Waals surface area contributed by atoms with Gasteiger partial charge in [-0.3, -0.25) is 4.72 Å². The lowest BCUT2D eigenvalue weighted by atomic mass is 10.2. The summed E-state index contributed by atoms with van der Waals surface area (Å²) in [5.41, 5.74) is 1.68. The molecule has 1 aliphatic heterocycles. The predicted molar refractivity (Wildman–Crippen MR) is 78.7 cm³/mol. The van der Waals surface area contributed by atoms with Gasteiger partial charge >= 0.3 is 0 Å². The molecule has 0 bridgehead atoms. The van der Waals surface area contributed by atoms with Crippen LogP contribution >= 0.6 is 0 Å². The van der Waals surface area contributed by atoms with Crippen molar-refractivity contribution >= 4 is 21.6 Å². The molecule has 1 aliphatic rings. The Labute approximate surface area is 115 Å². The van der Waals surface area contributed by atoms with Crippen molar-refractivity contribution in [1.29, 1.82) is 0 Å². The molecule has 1 aromatic carbocycles. The molecule has 19 heavy (non-hydrogen) atoms. The SMILES string of the molecule is CCCNS(=O)(=O)Nc1cccc(N2CCCC2)c1. The van der Waals surface area contributed by atoms with Gasteiger partial charge in [-0.15, -0.1) is 0 Å². The number of nitrogens with zero attached hydrogens (tertiary/aromatic N) is 1. The van der Waals surface area contributed by atoms with Crippen LogP contribution in [0, 0.1) is 0 Å². The Hall–Kier alpha value is -1.27. The van der Waals surface area contributed by atoms with Crippen LogP contribution in [0.25, 0.3) is 0 Å². The minimum atomic E-state index is -3.46. The number of hydrogen-bond donors (Lipinski definition) is 2. The number of anilines is 2. The van der Waals surface area contributed by atoms with Crippen molar-refractivity contribution in [2.45, 2.75) is 26.2 Å². The molecule has 0 unspecified atom stereocenters. The lowest BCUT2D eigenvalue weighted by Crippen LogP contribution is -2.30. The van der Waals surface area contributed by atoms with E-state index in [-0.39, 0.29) is 0 Å². The molecule has 0 atom stereocenters. The smallest absolute Gasteiger partial charge is 0.299 e. The van der Waals surface area contributed by atoms with E-state index in [1.165, 1.54) is 12.8 Å². The second-order valence-corrected chi connectivity index (χ2v) is 6.24. The van der Waals surface area contributed by atoms with Crippen LogP contribution < -0.4 is 14.3 Å². The molecule has 1 saturated heterocycles. The van der Waals surface area contributed by atoms with Gasteiger partial charge in [0.1, 0.15) is 0 Å². The van der Waals surface area contributed by atoms with Crippen LogP contribution in [-0.2, 0) is 10.2 Å². The van der Waals surface area contributed by atoms with E-state index < -0.39 is 10.2 Å². The van der Waals surface area contributed by atoms with E-state index in [1.54, 1.807) is 6.07 Å². The summed E-state index contributed by atoms with van der Waals surface area (Å²) in [6.45, 7) is 4.46. The van der Waals surface area contributed by atoms with E-state index in [2.05, 4.69) is 14.3 Å². The second kappa shape index (κ2) is 6.25. The Bertz CT molecular complexity index is 510. The van der Waals surface area contributed by atoms with E-state index in [1.807, 2.05) is 25.1 Å². The Balaban J connectivity index is 2.06. The van der Waals surface area contributed by atoms with Crippen LogP contribution in [-0.4, -0.2) is 28.1 Å². The molecule has 0 amide bonds. The first-order valence-electron chi connectivity index (χ1n) is 6.73. The molecule has 1 fully saturated rings. The molecule has 6 heteroatoms. The van der Waals surface area contributed by atoms with Crippen LogP contribution in [0.4, 0.5) is 11.4 Å². The fourth-order valence-electron chi connectivity index (χ4n) is 2.17. The number of benzene rings is 1. The third-order valence-electron chi connectivity index (χ3n) is 3.11. The van der Waals surface area contributed by atoms with Crippen molar-refractivity contribution in [3.63, 3.8) is 0 Å². The minimum Gasteiger partial charge on any atom is -0.371 e. The Kier molecular flexibility index (Phi) is 4.66. The zero-order valence-electron chi connectivity index (χ0n) is 11.2. The van der Waals surface area contributed by atoms with E-state index in [4.69, 9.17) is 0 Å². The van der Waals surface area contributed by atoms with E-state index >= 15 is 0 Å². The molecule has 1 aromatic rings. The van der Waals surface area contributed by atoms with Gasteiger partial charge in [0.15, 0.2) is 0 Å². The van der Waals surface area contributed by atoms with Gasteiger partial charge in [0, 0.05) is 25.3 Å². The fourth-order valence-corrected chi connectivity index (χ4v) is 3.15. The highest BCUT2D eigenvalue weighted by Crippen LogP contribution is 2.23. The van der Waals surface area contributed by atoms with Gasteiger partial charge in [-0.05, 0) is 37.5 Å². The third kappa shape index (κ3) is 4.11. The number of rotatable bonds is 6. The lowest BCUT2D eigenvalue weighted by molar-refractivity contribution is 0.586. The molecule has 2 N–H and O–H groups in total. The first-order valence-corrected chi connectivity index (χ1v) is 8.21. The first-order chi connectivity index (χ1) is 9.11. The van der Waals surface area contributed by atoms with E-state index in [9.17, 15) is 8.42 Å². The third-order valence-corrected chi connectivity index (χ3v) is 4.20. The summed E-state index contributed by atoms with van der Waals surface area (Å²) in [6, 6.07) is 7.55. The van der Waals surface area contributed by atoms with E-state index in [0.717, 1.165) is 25.2 Å². The molecule has 106 valence electrons. The molecule has 1 heterocycles. The summed E-state index contributed by atoms with van der Waals surface area (Å²) in [5, 5.41) is 0. The highest BCUT2D eigenvalue weighted by Gasteiger charge is 2.14.